The zero-order chi connectivity index (χ0) is 9.26. The van der Waals surface area contributed by atoms with Crippen LogP contribution in [0.15, 0.2) is 18.3 Å². The van der Waals surface area contributed by atoms with Gasteiger partial charge in [-0.05, 0) is 23.3 Å². The first kappa shape index (κ1) is 8.04. The third-order valence-corrected chi connectivity index (χ3v) is 1.90. The quantitative estimate of drug-likeness (QED) is 0.658. The minimum atomic E-state index is 0.428. The van der Waals surface area contributed by atoms with Crippen LogP contribution in [0.2, 0.25) is 0 Å². The van der Waals surface area contributed by atoms with Gasteiger partial charge in [-0.25, -0.2) is 4.98 Å². The molecule has 0 aliphatic carbocycles. The standard InChI is InChI=1S/C9H10N4/c1-6(2)7-3-4-8-9(11-7)5-10-13-12-8/h3-6H,1-2H3. The Morgan fingerprint density at radius 3 is 2.77 bits per heavy atom. The highest BCUT2D eigenvalue weighted by molar-refractivity contribution is 5.72. The Kier molecular flexibility index (Phi) is 1.88. The minimum absolute atomic E-state index is 0.428. The van der Waals surface area contributed by atoms with E-state index in [1.54, 1.807) is 6.20 Å². The summed E-state index contributed by atoms with van der Waals surface area (Å²) in [6.07, 6.45) is 1.63. The van der Waals surface area contributed by atoms with Crippen LogP contribution in [0, 0.1) is 0 Å². The molecule has 0 aliphatic heterocycles. The van der Waals surface area contributed by atoms with Gasteiger partial charge in [0.15, 0.2) is 0 Å². The fourth-order valence-corrected chi connectivity index (χ4v) is 1.14. The van der Waals surface area contributed by atoms with Gasteiger partial charge in [0, 0.05) is 5.69 Å². The molecule has 0 unspecified atom stereocenters. The fourth-order valence-electron chi connectivity index (χ4n) is 1.14. The van der Waals surface area contributed by atoms with Gasteiger partial charge in [0.2, 0.25) is 0 Å². The number of pyridine rings is 1. The van der Waals surface area contributed by atoms with E-state index in [0.717, 1.165) is 16.7 Å². The highest BCUT2D eigenvalue weighted by atomic mass is 15.3. The maximum Gasteiger partial charge on any atom is 0.115 e. The van der Waals surface area contributed by atoms with Gasteiger partial charge in [-0.15, -0.1) is 10.2 Å². The van der Waals surface area contributed by atoms with E-state index in [9.17, 15) is 0 Å². The summed E-state index contributed by atoms with van der Waals surface area (Å²) < 4.78 is 0. The maximum absolute atomic E-state index is 4.41. The van der Waals surface area contributed by atoms with E-state index in [1.807, 2.05) is 12.1 Å². The smallest absolute Gasteiger partial charge is 0.115 e. The van der Waals surface area contributed by atoms with Crippen molar-refractivity contribution in [1.82, 2.24) is 20.4 Å². The Morgan fingerprint density at radius 1 is 1.15 bits per heavy atom. The molecule has 0 atom stereocenters. The molecule has 0 saturated heterocycles. The molecule has 4 nitrogen and oxygen atoms in total. The molecule has 0 fully saturated rings. The van der Waals surface area contributed by atoms with Crippen molar-refractivity contribution in [2.75, 3.05) is 0 Å². The molecule has 2 heterocycles. The predicted octanol–water partition coefficient (Wildman–Crippen LogP) is 1.54. The SMILES string of the molecule is CC(C)c1ccc2nnncc2n1. The van der Waals surface area contributed by atoms with Crippen molar-refractivity contribution in [3.8, 4) is 0 Å². The molecular formula is C9H10N4. The van der Waals surface area contributed by atoms with E-state index in [1.165, 1.54) is 0 Å². The van der Waals surface area contributed by atoms with Gasteiger partial charge >= 0.3 is 0 Å². The van der Waals surface area contributed by atoms with Crippen molar-refractivity contribution >= 4 is 11.0 Å². The summed E-state index contributed by atoms with van der Waals surface area (Å²) in [6, 6.07) is 3.90. The second-order valence-electron chi connectivity index (χ2n) is 3.23. The first-order chi connectivity index (χ1) is 6.27. The molecule has 0 saturated carbocycles. The summed E-state index contributed by atoms with van der Waals surface area (Å²) >= 11 is 0. The average Bonchev–Trinajstić information content (AvgIpc) is 2.17. The molecule has 2 aromatic heterocycles. The molecule has 0 spiro atoms. The van der Waals surface area contributed by atoms with Crippen molar-refractivity contribution < 1.29 is 0 Å². The van der Waals surface area contributed by atoms with E-state index in [4.69, 9.17) is 0 Å². The highest BCUT2D eigenvalue weighted by Gasteiger charge is 2.02. The first-order valence-corrected chi connectivity index (χ1v) is 4.22. The van der Waals surface area contributed by atoms with Gasteiger partial charge in [-0.2, -0.15) is 0 Å². The van der Waals surface area contributed by atoms with Crippen LogP contribution in [-0.4, -0.2) is 20.4 Å². The van der Waals surface area contributed by atoms with Crippen molar-refractivity contribution in [1.29, 1.82) is 0 Å². The molecule has 2 aromatic rings. The normalized spacial score (nSPS) is 11.0. The highest BCUT2D eigenvalue weighted by Crippen LogP contribution is 2.14. The lowest BCUT2D eigenvalue weighted by Crippen LogP contribution is -1.95. The van der Waals surface area contributed by atoms with Crippen LogP contribution < -0.4 is 0 Å². The van der Waals surface area contributed by atoms with Crippen molar-refractivity contribution in [2.24, 2.45) is 0 Å². The third kappa shape index (κ3) is 1.47. The lowest BCUT2D eigenvalue weighted by atomic mass is 10.1. The van der Waals surface area contributed by atoms with Crippen LogP contribution >= 0.6 is 0 Å². The lowest BCUT2D eigenvalue weighted by Gasteiger charge is -2.03. The first-order valence-electron chi connectivity index (χ1n) is 4.22. The fraction of sp³-hybridized carbons (Fsp3) is 0.333. The summed E-state index contributed by atoms with van der Waals surface area (Å²) in [6.45, 7) is 4.21. The minimum Gasteiger partial charge on any atom is -0.249 e. The molecule has 0 aromatic carbocycles. The molecule has 0 N–H and O–H groups in total. The number of hydrogen-bond acceptors (Lipinski definition) is 4. The second kappa shape index (κ2) is 3.05. The predicted molar refractivity (Wildman–Crippen MR) is 49.2 cm³/mol. The van der Waals surface area contributed by atoms with Crippen LogP contribution in [0.5, 0.6) is 0 Å². The van der Waals surface area contributed by atoms with Crippen LogP contribution in [0.25, 0.3) is 11.0 Å². The zero-order valence-electron chi connectivity index (χ0n) is 7.60. The van der Waals surface area contributed by atoms with Gasteiger partial charge in [0.1, 0.15) is 11.0 Å². The molecule has 2 rings (SSSR count). The Balaban J connectivity index is 2.62. The average molecular weight is 174 g/mol. The summed E-state index contributed by atoms with van der Waals surface area (Å²) in [5.41, 5.74) is 2.66. The van der Waals surface area contributed by atoms with E-state index in [-0.39, 0.29) is 0 Å². The van der Waals surface area contributed by atoms with Gasteiger partial charge in [0.05, 0.1) is 6.20 Å². The maximum atomic E-state index is 4.41. The Labute approximate surface area is 76.0 Å². The Bertz CT molecular complexity index is 425. The van der Waals surface area contributed by atoms with E-state index >= 15 is 0 Å². The summed E-state index contributed by atoms with van der Waals surface area (Å²) in [5.74, 6) is 0.428. The molecule has 0 radical (unpaired) electrons. The number of rotatable bonds is 1. The second-order valence-corrected chi connectivity index (χ2v) is 3.23. The van der Waals surface area contributed by atoms with Crippen LogP contribution in [0.1, 0.15) is 25.5 Å². The molecule has 13 heavy (non-hydrogen) atoms. The Hall–Kier alpha value is -1.58. The van der Waals surface area contributed by atoms with Gasteiger partial charge < -0.3 is 0 Å². The molecule has 66 valence electrons. The van der Waals surface area contributed by atoms with E-state index in [2.05, 4.69) is 34.2 Å². The monoisotopic (exact) mass is 174 g/mol. The zero-order valence-corrected chi connectivity index (χ0v) is 7.60. The van der Waals surface area contributed by atoms with E-state index < -0.39 is 0 Å². The van der Waals surface area contributed by atoms with Gasteiger partial charge in [0.25, 0.3) is 0 Å². The van der Waals surface area contributed by atoms with Crippen LogP contribution in [-0.2, 0) is 0 Å². The summed E-state index contributed by atoms with van der Waals surface area (Å²) in [5, 5.41) is 11.1. The van der Waals surface area contributed by atoms with Crippen LogP contribution in [0.4, 0.5) is 0 Å². The topological polar surface area (TPSA) is 51.6 Å². The molecular weight excluding hydrogens is 164 g/mol. The van der Waals surface area contributed by atoms with Crippen molar-refractivity contribution in [3.63, 3.8) is 0 Å². The number of aromatic nitrogens is 4. The summed E-state index contributed by atoms with van der Waals surface area (Å²) in [4.78, 5) is 4.41. The number of fused-ring (bicyclic) bond motifs is 1. The van der Waals surface area contributed by atoms with Crippen LogP contribution in [0.3, 0.4) is 0 Å². The number of hydrogen-bond donors (Lipinski definition) is 0. The van der Waals surface area contributed by atoms with Crippen molar-refractivity contribution in [3.05, 3.63) is 24.0 Å². The lowest BCUT2D eigenvalue weighted by molar-refractivity contribution is 0.823. The van der Waals surface area contributed by atoms with E-state index in [0.29, 0.717) is 5.92 Å². The Morgan fingerprint density at radius 2 is 2.00 bits per heavy atom. The summed E-state index contributed by atoms with van der Waals surface area (Å²) in [7, 11) is 0. The molecule has 0 amide bonds. The van der Waals surface area contributed by atoms with Crippen molar-refractivity contribution in [2.45, 2.75) is 19.8 Å². The molecule has 0 aliphatic rings. The molecule has 0 bridgehead atoms. The third-order valence-electron chi connectivity index (χ3n) is 1.90. The molecule has 4 heteroatoms. The van der Waals surface area contributed by atoms with Gasteiger partial charge in [-0.3, -0.25) is 0 Å². The number of nitrogens with zero attached hydrogens (tertiary/aromatic N) is 4. The van der Waals surface area contributed by atoms with Gasteiger partial charge in [-0.1, -0.05) is 13.8 Å². The largest absolute Gasteiger partial charge is 0.249 e.